The lowest BCUT2D eigenvalue weighted by atomic mass is 9.75. The highest BCUT2D eigenvalue weighted by Crippen LogP contribution is 2.34. The predicted octanol–water partition coefficient (Wildman–Crippen LogP) is 2.37. The highest BCUT2D eigenvalue weighted by molar-refractivity contribution is 4.81. The molecule has 0 aromatic heterocycles. The van der Waals surface area contributed by atoms with Gasteiger partial charge < -0.3 is 19.7 Å². The average Bonchev–Trinajstić information content (AvgIpc) is 2.41. The van der Waals surface area contributed by atoms with Gasteiger partial charge in [-0.05, 0) is 44.4 Å². The summed E-state index contributed by atoms with van der Waals surface area (Å²) in [6, 6.07) is 0. The molecule has 120 valence electrons. The number of methoxy groups -OCH3 is 1. The molecule has 1 fully saturated rings. The van der Waals surface area contributed by atoms with Crippen LogP contribution in [0.25, 0.3) is 0 Å². The van der Waals surface area contributed by atoms with Gasteiger partial charge in [0.05, 0.1) is 31.5 Å². The Bertz CT molecular complexity index is 247. The van der Waals surface area contributed by atoms with Gasteiger partial charge in [0, 0.05) is 7.11 Å². The van der Waals surface area contributed by atoms with Crippen molar-refractivity contribution in [1.82, 2.24) is 0 Å². The van der Waals surface area contributed by atoms with Crippen molar-refractivity contribution in [2.75, 3.05) is 20.3 Å². The molecular formula is C16H32O4. The van der Waals surface area contributed by atoms with E-state index in [1.807, 2.05) is 6.92 Å². The SMILES string of the molecule is CCCC1CCC(O)C(CC(O)COC(C)COC)C1. The van der Waals surface area contributed by atoms with E-state index in [9.17, 15) is 10.2 Å². The summed E-state index contributed by atoms with van der Waals surface area (Å²) in [4.78, 5) is 0. The fraction of sp³-hybridized carbons (Fsp3) is 1.00. The van der Waals surface area contributed by atoms with Gasteiger partial charge in [-0.15, -0.1) is 0 Å². The van der Waals surface area contributed by atoms with Crippen LogP contribution in [-0.4, -0.2) is 48.8 Å². The molecule has 0 aliphatic heterocycles. The number of rotatable bonds is 9. The second kappa shape index (κ2) is 9.72. The third-order valence-corrected chi connectivity index (χ3v) is 4.30. The predicted molar refractivity (Wildman–Crippen MR) is 79.7 cm³/mol. The Kier molecular flexibility index (Phi) is 8.69. The second-order valence-electron chi connectivity index (χ2n) is 6.28. The van der Waals surface area contributed by atoms with Crippen LogP contribution >= 0.6 is 0 Å². The maximum Gasteiger partial charge on any atom is 0.0781 e. The summed E-state index contributed by atoms with van der Waals surface area (Å²) in [7, 11) is 1.64. The van der Waals surface area contributed by atoms with Gasteiger partial charge in [0.15, 0.2) is 0 Å². The minimum atomic E-state index is -0.491. The van der Waals surface area contributed by atoms with E-state index < -0.39 is 6.10 Å². The van der Waals surface area contributed by atoms with Crippen LogP contribution in [0, 0.1) is 11.8 Å². The topological polar surface area (TPSA) is 58.9 Å². The summed E-state index contributed by atoms with van der Waals surface area (Å²) in [5, 5.41) is 20.2. The molecule has 2 N–H and O–H groups in total. The van der Waals surface area contributed by atoms with Crippen LogP contribution in [-0.2, 0) is 9.47 Å². The maximum absolute atomic E-state index is 10.1. The summed E-state index contributed by atoms with van der Waals surface area (Å²) in [5.41, 5.74) is 0. The molecule has 0 radical (unpaired) electrons. The lowest BCUT2D eigenvalue weighted by Gasteiger charge is -2.34. The van der Waals surface area contributed by atoms with Gasteiger partial charge >= 0.3 is 0 Å². The molecule has 4 nitrogen and oxygen atoms in total. The number of hydrogen-bond donors (Lipinski definition) is 2. The van der Waals surface area contributed by atoms with E-state index >= 15 is 0 Å². The highest BCUT2D eigenvalue weighted by Gasteiger charge is 2.30. The monoisotopic (exact) mass is 288 g/mol. The molecule has 5 atom stereocenters. The van der Waals surface area contributed by atoms with E-state index in [2.05, 4.69) is 6.92 Å². The Hall–Kier alpha value is -0.160. The van der Waals surface area contributed by atoms with E-state index in [4.69, 9.17) is 9.47 Å². The van der Waals surface area contributed by atoms with Crippen LogP contribution in [0.2, 0.25) is 0 Å². The van der Waals surface area contributed by atoms with E-state index in [0.717, 1.165) is 19.3 Å². The number of aliphatic hydroxyl groups excluding tert-OH is 2. The van der Waals surface area contributed by atoms with E-state index in [1.54, 1.807) is 7.11 Å². The van der Waals surface area contributed by atoms with Crippen molar-refractivity contribution in [1.29, 1.82) is 0 Å². The summed E-state index contributed by atoms with van der Waals surface area (Å²) < 4.78 is 10.5. The van der Waals surface area contributed by atoms with E-state index in [1.165, 1.54) is 12.8 Å². The maximum atomic E-state index is 10.1. The smallest absolute Gasteiger partial charge is 0.0781 e. The van der Waals surface area contributed by atoms with Crippen LogP contribution in [0.3, 0.4) is 0 Å². The molecule has 5 unspecified atom stereocenters. The van der Waals surface area contributed by atoms with E-state index in [-0.39, 0.29) is 18.1 Å². The summed E-state index contributed by atoms with van der Waals surface area (Å²) in [6.07, 6.45) is 5.38. The van der Waals surface area contributed by atoms with Crippen molar-refractivity contribution in [3.8, 4) is 0 Å². The van der Waals surface area contributed by atoms with Crippen LogP contribution < -0.4 is 0 Å². The molecular weight excluding hydrogens is 256 g/mol. The zero-order chi connectivity index (χ0) is 15.0. The van der Waals surface area contributed by atoms with Gasteiger partial charge in [0.1, 0.15) is 0 Å². The first-order valence-electron chi connectivity index (χ1n) is 8.03. The lowest BCUT2D eigenvalue weighted by Crippen LogP contribution is -2.33. The summed E-state index contributed by atoms with van der Waals surface area (Å²) in [5.74, 6) is 0.936. The van der Waals surface area contributed by atoms with Crippen molar-refractivity contribution in [3.05, 3.63) is 0 Å². The molecule has 0 aromatic rings. The molecule has 1 saturated carbocycles. The van der Waals surface area contributed by atoms with Gasteiger partial charge in [-0.25, -0.2) is 0 Å². The van der Waals surface area contributed by atoms with Gasteiger partial charge in [0.25, 0.3) is 0 Å². The molecule has 0 heterocycles. The molecule has 0 amide bonds. The number of ether oxygens (including phenoxy) is 2. The Morgan fingerprint density at radius 1 is 1.25 bits per heavy atom. The normalized spacial score (nSPS) is 30.1. The first-order chi connectivity index (χ1) is 9.56. The van der Waals surface area contributed by atoms with Gasteiger partial charge in [0.2, 0.25) is 0 Å². The molecule has 20 heavy (non-hydrogen) atoms. The zero-order valence-electron chi connectivity index (χ0n) is 13.3. The van der Waals surface area contributed by atoms with Crippen molar-refractivity contribution < 1.29 is 19.7 Å². The third-order valence-electron chi connectivity index (χ3n) is 4.30. The molecule has 0 aromatic carbocycles. The molecule has 0 saturated heterocycles. The van der Waals surface area contributed by atoms with Crippen LogP contribution in [0.4, 0.5) is 0 Å². The van der Waals surface area contributed by atoms with Crippen molar-refractivity contribution in [2.24, 2.45) is 11.8 Å². The van der Waals surface area contributed by atoms with Crippen molar-refractivity contribution in [3.63, 3.8) is 0 Å². The standard InChI is InChI=1S/C16H32O4/c1-4-5-13-6-7-16(18)14(8-13)9-15(17)11-20-12(2)10-19-3/h12-18H,4-11H2,1-3H3. The molecule has 0 bridgehead atoms. The third kappa shape index (κ3) is 6.53. The van der Waals surface area contributed by atoms with Gasteiger partial charge in [-0.2, -0.15) is 0 Å². The van der Waals surface area contributed by atoms with Crippen molar-refractivity contribution >= 4 is 0 Å². The summed E-state index contributed by atoms with van der Waals surface area (Å²) >= 11 is 0. The number of aliphatic hydroxyl groups is 2. The molecule has 4 heteroatoms. The molecule has 1 aliphatic rings. The quantitative estimate of drug-likeness (QED) is 0.684. The highest BCUT2D eigenvalue weighted by atomic mass is 16.5. The number of hydrogen-bond acceptors (Lipinski definition) is 4. The second-order valence-corrected chi connectivity index (χ2v) is 6.28. The summed E-state index contributed by atoms with van der Waals surface area (Å²) in [6.45, 7) is 5.01. The van der Waals surface area contributed by atoms with Gasteiger partial charge in [-0.3, -0.25) is 0 Å². The van der Waals surface area contributed by atoms with E-state index in [0.29, 0.717) is 25.6 Å². The van der Waals surface area contributed by atoms with Crippen molar-refractivity contribution in [2.45, 2.75) is 70.7 Å². The van der Waals surface area contributed by atoms with Crippen LogP contribution in [0.15, 0.2) is 0 Å². The average molecular weight is 288 g/mol. The lowest BCUT2D eigenvalue weighted by molar-refractivity contribution is -0.0501. The van der Waals surface area contributed by atoms with Crippen LogP contribution in [0.1, 0.15) is 52.4 Å². The largest absolute Gasteiger partial charge is 0.393 e. The Labute approximate surface area is 123 Å². The van der Waals surface area contributed by atoms with Gasteiger partial charge in [-0.1, -0.05) is 19.8 Å². The first kappa shape index (κ1) is 17.9. The first-order valence-corrected chi connectivity index (χ1v) is 8.03. The zero-order valence-corrected chi connectivity index (χ0v) is 13.3. The molecule has 1 aliphatic carbocycles. The Morgan fingerprint density at radius 3 is 2.65 bits per heavy atom. The Balaban J connectivity index is 2.29. The minimum Gasteiger partial charge on any atom is -0.393 e. The molecule has 1 rings (SSSR count). The van der Waals surface area contributed by atoms with Crippen LogP contribution in [0.5, 0.6) is 0 Å². The fourth-order valence-corrected chi connectivity index (χ4v) is 3.24. The minimum absolute atomic E-state index is 0.00114. The fourth-order valence-electron chi connectivity index (χ4n) is 3.24. The Morgan fingerprint density at radius 2 is 2.00 bits per heavy atom. The molecule has 0 spiro atoms.